The van der Waals surface area contributed by atoms with Crippen molar-refractivity contribution in [3.8, 4) is 0 Å². The summed E-state index contributed by atoms with van der Waals surface area (Å²) in [6, 6.07) is 7.40. The van der Waals surface area contributed by atoms with E-state index < -0.39 is 35.8 Å². The Labute approximate surface area is 244 Å². The van der Waals surface area contributed by atoms with Crippen LogP contribution in [-0.2, 0) is 4.79 Å². The summed E-state index contributed by atoms with van der Waals surface area (Å²) in [6.45, 7) is 7.58. The lowest BCUT2D eigenvalue weighted by molar-refractivity contribution is -0.147. The maximum Gasteiger partial charge on any atom is 0.309 e. The van der Waals surface area contributed by atoms with Gasteiger partial charge in [-0.25, -0.2) is 0 Å². The topological polar surface area (TPSA) is 138 Å². The first-order valence-electron chi connectivity index (χ1n) is 14.8. The highest BCUT2D eigenvalue weighted by Crippen LogP contribution is 2.39. The fraction of sp³-hybridized carbons (Fsp3) is 0.559. The molecule has 0 fully saturated rings. The molecule has 1 aromatic carbocycles. The molecular formula is C34H48O7. The molecule has 0 amide bonds. The zero-order valence-electron chi connectivity index (χ0n) is 24.9. The zero-order valence-corrected chi connectivity index (χ0v) is 24.9. The maximum absolute atomic E-state index is 11.4. The normalized spacial score (nSPS) is 23.4. The zero-order chi connectivity index (χ0) is 30.4. The number of carboxylic acids is 1. The van der Waals surface area contributed by atoms with Crippen LogP contribution in [-0.4, -0.2) is 67.6 Å². The number of rotatable bonds is 14. The SMILES string of the molecule is CC(C)(CO)CCCCC1=CC(O)C=C(c2ccccc2C2=CC(O)C=C(CCCCC(C)(C)C(=O)O)C2O)C1O. The Balaban J connectivity index is 1.75. The Bertz CT molecular complexity index is 1190. The van der Waals surface area contributed by atoms with Crippen molar-refractivity contribution in [3.63, 3.8) is 0 Å². The molecule has 3 rings (SSSR count). The number of hydrogen-bond donors (Lipinski definition) is 6. The van der Waals surface area contributed by atoms with E-state index >= 15 is 0 Å². The van der Waals surface area contributed by atoms with Crippen LogP contribution >= 0.6 is 0 Å². The molecule has 0 spiro atoms. The fourth-order valence-corrected chi connectivity index (χ4v) is 5.58. The van der Waals surface area contributed by atoms with Crippen LogP contribution in [0, 0.1) is 10.8 Å². The summed E-state index contributed by atoms with van der Waals surface area (Å²) in [6.07, 6.45) is 8.58. The van der Waals surface area contributed by atoms with Gasteiger partial charge in [0.25, 0.3) is 0 Å². The number of unbranched alkanes of at least 4 members (excludes halogenated alkanes) is 2. The summed E-state index contributed by atoms with van der Waals surface area (Å²) in [5.74, 6) is -0.834. The van der Waals surface area contributed by atoms with Crippen molar-refractivity contribution in [2.24, 2.45) is 10.8 Å². The molecule has 0 heterocycles. The van der Waals surface area contributed by atoms with Crippen LogP contribution in [0.15, 0.2) is 59.7 Å². The number of carbonyl (C=O) groups is 1. The molecule has 1 aromatic rings. The minimum Gasteiger partial charge on any atom is -0.481 e. The van der Waals surface area contributed by atoms with E-state index in [0.29, 0.717) is 60.0 Å². The van der Waals surface area contributed by atoms with Crippen LogP contribution in [0.25, 0.3) is 11.1 Å². The summed E-state index contributed by atoms with van der Waals surface area (Å²) in [5, 5.41) is 62.9. The molecule has 6 N–H and O–H groups in total. The van der Waals surface area contributed by atoms with Gasteiger partial charge in [0.1, 0.15) is 12.2 Å². The quantitative estimate of drug-likeness (QED) is 0.137. The Morgan fingerprint density at radius 3 is 1.56 bits per heavy atom. The molecule has 0 saturated heterocycles. The van der Waals surface area contributed by atoms with Gasteiger partial charge >= 0.3 is 5.97 Å². The van der Waals surface area contributed by atoms with Crippen LogP contribution in [0.4, 0.5) is 0 Å². The molecule has 7 heteroatoms. The molecule has 41 heavy (non-hydrogen) atoms. The van der Waals surface area contributed by atoms with Crippen LogP contribution in [0.5, 0.6) is 0 Å². The molecule has 7 nitrogen and oxygen atoms in total. The third-order valence-electron chi connectivity index (χ3n) is 8.40. The highest BCUT2D eigenvalue weighted by atomic mass is 16.4. The molecule has 0 bridgehead atoms. The standard InChI is InChI=1S/C34H48O7/c1-33(2,21-35)15-9-7-11-22-17-24(36)19-28(30(22)38)26-13-5-6-14-27(26)29-20-25(37)18-23(31(29)39)12-8-10-16-34(3,4)32(40)41/h5-6,13-14,17-20,24-25,30-31,35-39H,7-12,15-16,21H2,1-4H3,(H,40,41). The Kier molecular flexibility index (Phi) is 11.3. The highest BCUT2D eigenvalue weighted by Gasteiger charge is 2.30. The molecule has 0 aliphatic heterocycles. The smallest absolute Gasteiger partial charge is 0.309 e. The maximum atomic E-state index is 11.4. The third kappa shape index (κ3) is 8.72. The average Bonchev–Trinajstić information content (AvgIpc) is 2.92. The van der Waals surface area contributed by atoms with E-state index in [1.54, 1.807) is 38.2 Å². The summed E-state index contributed by atoms with van der Waals surface area (Å²) in [5.41, 5.74) is 2.94. The van der Waals surface area contributed by atoms with Gasteiger partial charge in [-0.1, -0.05) is 63.1 Å². The van der Waals surface area contributed by atoms with Gasteiger partial charge in [-0.3, -0.25) is 4.79 Å². The number of aliphatic hydroxyl groups excluding tert-OH is 5. The summed E-state index contributed by atoms with van der Waals surface area (Å²) in [7, 11) is 0. The second-order valence-corrected chi connectivity index (χ2v) is 13.0. The predicted octanol–water partition coefficient (Wildman–Crippen LogP) is 5.03. The molecule has 0 radical (unpaired) electrons. The van der Waals surface area contributed by atoms with Crippen molar-refractivity contribution < 1.29 is 35.4 Å². The number of benzene rings is 1. The van der Waals surface area contributed by atoms with Crippen molar-refractivity contribution in [1.29, 1.82) is 0 Å². The van der Waals surface area contributed by atoms with Crippen LogP contribution in [0.1, 0.15) is 90.2 Å². The first kappa shape index (κ1) is 33.0. The van der Waals surface area contributed by atoms with Crippen molar-refractivity contribution in [2.45, 2.75) is 103 Å². The van der Waals surface area contributed by atoms with Crippen LogP contribution < -0.4 is 0 Å². The van der Waals surface area contributed by atoms with Gasteiger partial charge in [-0.05, 0) is 103 Å². The molecule has 2 aliphatic rings. The van der Waals surface area contributed by atoms with Crippen LogP contribution in [0.3, 0.4) is 0 Å². The highest BCUT2D eigenvalue weighted by molar-refractivity contribution is 5.86. The van der Waals surface area contributed by atoms with Crippen LogP contribution in [0.2, 0.25) is 0 Å². The van der Waals surface area contributed by atoms with Gasteiger partial charge in [0.15, 0.2) is 0 Å². The number of aliphatic hydroxyl groups is 5. The Morgan fingerprint density at radius 1 is 0.707 bits per heavy atom. The Hall–Kier alpha value is -2.55. The largest absolute Gasteiger partial charge is 0.481 e. The fourth-order valence-electron chi connectivity index (χ4n) is 5.58. The number of carboxylic acid groups (broad SMARTS) is 1. The first-order valence-corrected chi connectivity index (χ1v) is 14.8. The number of aliphatic carboxylic acids is 1. The second kappa shape index (κ2) is 14.1. The predicted molar refractivity (Wildman–Crippen MR) is 162 cm³/mol. The van der Waals surface area contributed by atoms with Crippen molar-refractivity contribution >= 4 is 17.1 Å². The van der Waals surface area contributed by atoms with Crippen molar-refractivity contribution in [3.05, 3.63) is 70.8 Å². The van der Waals surface area contributed by atoms with E-state index in [1.165, 1.54) is 0 Å². The molecule has 2 aliphatic carbocycles. The lowest BCUT2D eigenvalue weighted by atomic mass is 9.79. The van der Waals surface area contributed by atoms with Crippen molar-refractivity contribution in [1.82, 2.24) is 0 Å². The van der Waals surface area contributed by atoms with E-state index in [9.17, 15) is 35.4 Å². The monoisotopic (exact) mass is 568 g/mol. The van der Waals surface area contributed by atoms with E-state index in [-0.39, 0.29) is 12.0 Å². The second-order valence-electron chi connectivity index (χ2n) is 13.0. The van der Waals surface area contributed by atoms with Gasteiger partial charge in [0.2, 0.25) is 0 Å². The minimum atomic E-state index is -0.955. The minimum absolute atomic E-state index is 0.122. The lowest BCUT2D eigenvalue weighted by Crippen LogP contribution is -2.25. The van der Waals surface area contributed by atoms with Gasteiger partial charge in [0.05, 0.1) is 17.6 Å². The van der Waals surface area contributed by atoms with E-state index in [4.69, 9.17) is 0 Å². The lowest BCUT2D eigenvalue weighted by Gasteiger charge is -2.30. The van der Waals surface area contributed by atoms with Crippen molar-refractivity contribution in [2.75, 3.05) is 6.61 Å². The first-order chi connectivity index (χ1) is 19.3. The van der Waals surface area contributed by atoms with Gasteiger partial charge in [-0.15, -0.1) is 0 Å². The van der Waals surface area contributed by atoms with E-state index in [2.05, 4.69) is 0 Å². The van der Waals surface area contributed by atoms with Gasteiger partial charge in [0, 0.05) is 6.61 Å². The summed E-state index contributed by atoms with van der Waals surface area (Å²) >= 11 is 0. The Morgan fingerprint density at radius 2 is 1.15 bits per heavy atom. The van der Waals surface area contributed by atoms with Gasteiger partial charge in [-0.2, -0.15) is 0 Å². The molecule has 4 atom stereocenters. The third-order valence-corrected chi connectivity index (χ3v) is 8.40. The summed E-state index contributed by atoms with van der Waals surface area (Å²) in [4.78, 5) is 11.4. The molecular weight excluding hydrogens is 520 g/mol. The molecule has 0 aromatic heterocycles. The number of hydrogen-bond acceptors (Lipinski definition) is 6. The van der Waals surface area contributed by atoms with E-state index in [1.807, 2.05) is 38.1 Å². The molecule has 0 saturated carbocycles. The van der Waals surface area contributed by atoms with E-state index in [0.717, 1.165) is 24.8 Å². The average molecular weight is 569 g/mol. The van der Waals surface area contributed by atoms with Gasteiger partial charge < -0.3 is 30.6 Å². The summed E-state index contributed by atoms with van der Waals surface area (Å²) < 4.78 is 0. The molecule has 226 valence electrons. The molecule has 4 unspecified atom stereocenters.